The van der Waals surface area contributed by atoms with Gasteiger partial charge in [-0.1, -0.05) is 12.8 Å². The van der Waals surface area contributed by atoms with E-state index in [1.54, 1.807) is 0 Å². The Balaban J connectivity index is 1.89. The Morgan fingerprint density at radius 3 is 2.57 bits per heavy atom. The van der Waals surface area contributed by atoms with Crippen LogP contribution in [-0.2, 0) is 4.74 Å². The van der Waals surface area contributed by atoms with Crippen molar-refractivity contribution in [3.8, 4) is 0 Å². The fraction of sp³-hybridized carbons (Fsp3) is 0.667. The number of nitrogens with zero attached hydrogens (tertiary/aromatic N) is 1. The second kappa shape index (κ2) is 6.38. The summed E-state index contributed by atoms with van der Waals surface area (Å²) >= 11 is 0. The van der Waals surface area contributed by atoms with Crippen LogP contribution in [0.3, 0.4) is 0 Å². The van der Waals surface area contributed by atoms with Crippen molar-refractivity contribution >= 4 is 11.9 Å². The predicted octanol–water partition coefficient (Wildman–Crippen LogP) is 3.21. The number of methoxy groups -OCH3 is 1. The number of aryl methyl sites for hydroxylation is 1. The average molecular weight is 318 g/mol. The van der Waals surface area contributed by atoms with Crippen molar-refractivity contribution < 1.29 is 14.3 Å². The zero-order valence-corrected chi connectivity index (χ0v) is 14.3. The first-order chi connectivity index (χ1) is 11.0. The number of rotatable bonds is 2. The molecule has 5 heteroatoms. The average Bonchev–Trinajstić information content (AvgIpc) is 2.87. The van der Waals surface area contributed by atoms with E-state index in [1.165, 1.54) is 32.8 Å². The molecule has 0 bridgehead atoms. The Morgan fingerprint density at radius 1 is 1.13 bits per heavy atom. The number of aromatic nitrogens is 1. The third-order valence-electron chi connectivity index (χ3n) is 5.54. The Kier molecular flexibility index (Phi) is 4.46. The molecule has 5 nitrogen and oxygen atoms in total. The van der Waals surface area contributed by atoms with Crippen molar-refractivity contribution in [3.63, 3.8) is 0 Å². The van der Waals surface area contributed by atoms with Crippen LogP contribution in [0, 0.1) is 19.8 Å². The van der Waals surface area contributed by atoms with Gasteiger partial charge in [-0.25, -0.2) is 4.79 Å². The summed E-state index contributed by atoms with van der Waals surface area (Å²) in [6.45, 7) is 4.46. The van der Waals surface area contributed by atoms with Gasteiger partial charge < -0.3 is 14.6 Å². The van der Waals surface area contributed by atoms with Crippen LogP contribution in [0.15, 0.2) is 0 Å². The quantitative estimate of drug-likeness (QED) is 0.852. The maximum Gasteiger partial charge on any atom is 0.339 e. The summed E-state index contributed by atoms with van der Waals surface area (Å²) in [6, 6.07) is 0.370. The largest absolute Gasteiger partial charge is 0.465 e. The van der Waals surface area contributed by atoms with Gasteiger partial charge in [0.15, 0.2) is 0 Å². The highest BCUT2D eigenvalue weighted by atomic mass is 16.5. The molecule has 0 spiro atoms. The summed E-state index contributed by atoms with van der Waals surface area (Å²) in [7, 11) is 1.37. The molecule has 23 heavy (non-hydrogen) atoms. The van der Waals surface area contributed by atoms with E-state index in [2.05, 4.69) is 4.98 Å². The molecule has 0 aromatic carbocycles. The molecule has 0 radical (unpaired) electrons. The molecule has 2 atom stereocenters. The molecule has 126 valence electrons. The van der Waals surface area contributed by atoms with Crippen molar-refractivity contribution in [1.82, 2.24) is 9.88 Å². The van der Waals surface area contributed by atoms with Crippen molar-refractivity contribution in [1.29, 1.82) is 0 Å². The third-order valence-corrected chi connectivity index (χ3v) is 5.54. The number of amides is 1. The van der Waals surface area contributed by atoms with Crippen LogP contribution in [0.4, 0.5) is 0 Å². The van der Waals surface area contributed by atoms with Crippen LogP contribution in [-0.4, -0.2) is 41.5 Å². The highest BCUT2D eigenvalue weighted by Crippen LogP contribution is 2.36. The number of carbonyl (C=O) groups is 2. The zero-order chi connectivity index (χ0) is 16.6. The SMILES string of the molecule is COC(=O)c1c(C)[nH]c(C(=O)N2CCCC3CCCCC32)c1C. The normalized spacial score (nSPS) is 24.2. The molecule has 3 rings (SSSR count). The van der Waals surface area contributed by atoms with E-state index in [4.69, 9.17) is 4.74 Å². The summed E-state index contributed by atoms with van der Waals surface area (Å²) in [5.41, 5.74) is 2.45. The lowest BCUT2D eigenvalue weighted by molar-refractivity contribution is 0.0385. The van der Waals surface area contributed by atoms with Gasteiger partial charge in [-0.05, 0) is 51.0 Å². The van der Waals surface area contributed by atoms with Crippen LogP contribution in [0.5, 0.6) is 0 Å². The number of aromatic amines is 1. The first-order valence-electron chi connectivity index (χ1n) is 8.63. The number of hydrogen-bond acceptors (Lipinski definition) is 3. The molecule has 1 N–H and O–H groups in total. The number of esters is 1. The van der Waals surface area contributed by atoms with Gasteiger partial charge in [-0.3, -0.25) is 4.79 Å². The predicted molar refractivity (Wildman–Crippen MR) is 87.6 cm³/mol. The molecule has 1 aliphatic carbocycles. The fourth-order valence-electron chi connectivity index (χ4n) is 4.39. The van der Waals surface area contributed by atoms with Gasteiger partial charge in [0.05, 0.1) is 12.7 Å². The lowest BCUT2D eigenvalue weighted by Gasteiger charge is -2.44. The number of hydrogen-bond donors (Lipinski definition) is 1. The van der Waals surface area contributed by atoms with Gasteiger partial charge in [0, 0.05) is 18.3 Å². The van der Waals surface area contributed by atoms with Gasteiger partial charge in [0.1, 0.15) is 5.69 Å². The Morgan fingerprint density at radius 2 is 1.83 bits per heavy atom. The molecule has 1 saturated carbocycles. The second-order valence-electron chi connectivity index (χ2n) is 6.87. The lowest BCUT2D eigenvalue weighted by Crippen LogP contribution is -2.49. The maximum absolute atomic E-state index is 13.1. The van der Waals surface area contributed by atoms with Crippen LogP contribution in [0.1, 0.15) is 70.6 Å². The highest BCUT2D eigenvalue weighted by Gasteiger charge is 2.37. The topological polar surface area (TPSA) is 62.4 Å². The minimum Gasteiger partial charge on any atom is -0.465 e. The molecule has 1 aromatic rings. The Labute approximate surface area is 137 Å². The van der Waals surface area contributed by atoms with Crippen molar-refractivity contribution in [2.75, 3.05) is 13.7 Å². The molecule has 1 aromatic heterocycles. The van der Waals surface area contributed by atoms with Gasteiger partial charge in [-0.2, -0.15) is 0 Å². The summed E-state index contributed by atoms with van der Waals surface area (Å²) in [6.07, 6.45) is 7.17. The monoisotopic (exact) mass is 318 g/mol. The molecule has 2 aliphatic rings. The summed E-state index contributed by atoms with van der Waals surface area (Å²) < 4.78 is 4.84. The second-order valence-corrected chi connectivity index (χ2v) is 6.87. The zero-order valence-electron chi connectivity index (χ0n) is 14.3. The van der Waals surface area contributed by atoms with Gasteiger partial charge in [-0.15, -0.1) is 0 Å². The molecule has 1 aliphatic heterocycles. The van der Waals surface area contributed by atoms with E-state index >= 15 is 0 Å². The molecule has 2 unspecified atom stereocenters. The minimum atomic E-state index is -0.385. The standard InChI is InChI=1S/C18H26N2O3/c1-11-15(18(22)23-3)12(2)19-16(11)17(21)20-10-6-8-13-7-4-5-9-14(13)20/h13-14,19H,4-10H2,1-3H3. The van der Waals surface area contributed by atoms with Crippen molar-refractivity contribution in [3.05, 3.63) is 22.5 Å². The molecular weight excluding hydrogens is 292 g/mol. The number of likely N-dealkylation sites (tertiary alicyclic amines) is 1. The summed E-state index contributed by atoms with van der Waals surface area (Å²) in [5.74, 6) is 0.305. The van der Waals surface area contributed by atoms with Crippen molar-refractivity contribution in [2.24, 2.45) is 5.92 Å². The van der Waals surface area contributed by atoms with E-state index in [0.717, 1.165) is 19.4 Å². The molecule has 1 amide bonds. The number of H-pyrrole nitrogens is 1. The van der Waals surface area contributed by atoms with Gasteiger partial charge in [0.25, 0.3) is 5.91 Å². The van der Waals surface area contributed by atoms with Crippen LogP contribution < -0.4 is 0 Å². The number of nitrogens with one attached hydrogen (secondary N) is 1. The van der Waals surface area contributed by atoms with Crippen LogP contribution in [0.2, 0.25) is 0 Å². The van der Waals surface area contributed by atoms with E-state index in [-0.39, 0.29) is 11.9 Å². The van der Waals surface area contributed by atoms with Gasteiger partial charge >= 0.3 is 5.97 Å². The van der Waals surface area contributed by atoms with E-state index in [0.29, 0.717) is 34.5 Å². The Bertz CT molecular complexity index is 618. The molecule has 1 saturated heterocycles. The third kappa shape index (κ3) is 2.77. The first kappa shape index (κ1) is 16.1. The molecular formula is C18H26N2O3. The minimum absolute atomic E-state index is 0.0392. The highest BCUT2D eigenvalue weighted by molar-refractivity contribution is 6.00. The molecule has 2 heterocycles. The van der Waals surface area contributed by atoms with E-state index in [1.807, 2.05) is 18.7 Å². The first-order valence-corrected chi connectivity index (χ1v) is 8.63. The van der Waals surface area contributed by atoms with Crippen LogP contribution in [0.25, 0.3) is 0 Å². The molecule has 2 fully saturated rings. The smallest absolute Gasteiger partial charge is 0.339 e. The van der Waals surface area contributed by atoms with Crippen molar-refractivity contribution in [2.45, 2.75) is 58.4 Å². The summed E-state index contributed by atoms with van der Waals surface area (Å²) in [5, 5.41) is 0. The number of fused-ring (bicyclic) bond motifs is 1. The lowest BCUT2D eigenvalue weighted by atomic mass is 9.78. The maximum atomic E-state index is 13.1. The van der Waals surface area contributed by atoms with E-state index < -0.39 is 0 Å². The van der Waals surface area contributed by atoms with E-state index in [9.17, 15) is 9.59 Å². The number of ether oxygens (including phenoxy) is 1. The summed E-state index contributed by atoms with van der Waals surface area (Å²) in [4.78, 5) is 30.2. The number of piperidine rings is 1. The Hall–Kier alpha value is -1.78. The van der Waals surface area contributed by atoms with Gasteiger partial charge in [0.2, 0.25) is 0 Å². The fourth-order valence-corrected chi connectivity index (χ4v) is 4.39. The number of carbonyl (C=O) groups excluding carboxylic acids is 2. The van der Waals surface area contributed by atoms with Crippen LogP contribution >= 0.6 is 0 Å².